The number of nitrogens with zero attached hydrogens (tertiary/aromatic N) is 3. The Morgan fingerprint density at radius 1 is 0.714 bits per heavy atom. The molecule has 0 atom stereocenters. The molecule has 0 spiro atoms. The second-order valence-electron chi connectivity index (χ2n) is 7.89. The lowest BCUT2D eigenvalue weighted by molar-refractivity contribution is 0.955. The summed E-state index contributed by atoms with van der Waals surface area (Å²) in [5.41, 5.74) is 14.9. The summed E-state index contributed by atoms with van der Waals surface area (Å²) in [6.07, 6.45) is 8.71. The summed E-state index contributed by atoms with van der Waals surface area (Å²) < 4.78 is 0. The maximum absolute atomic E-state index is 4.72. The quantitative estimate of drug-likeness (QED) is 0.367. The Kier molecular flexibility index (Phi) is 2.64. The molecule has 7 rings (SSSR count). The lowest BCUT2D eigenvalue weighted by Gasteiger charge is -2.39. The number of benzene rings is 2. The fourth-order valence-corrected chi connectivity index (χ4v) is 5.29. The van der Waals surface area contributed by atoms with Gasteiger partial charge in [0.2, 0.25) is 0 Å². The first kappa shape index (κ1) is 14.6. The maximum Gasteiger partial charge on any atom is 0.0688 e. The summed E-state index contributed by atoms with van der Waals surface area (Å²) in [5.74, 6) is 0. The van der Waals surface area contributed by atoms with Gasteiger partial charge in [0.15, 0.2) is 0 Å². The van der Waals surface area contributed by atoms with E-state index in [9.17, 15) is 0 Å². The molecule has 0 bridgehead atoms. The van der Waals surface area contributed by atoms with E-state index in [0.29, 0.717) is 0 Å². The minimum Gasteiger partial charge on any atom is -0.308 e. The largest absolute Gasteiger partial charge is 0.308 e. The zero-order valence-electron chi connectivity index (χ0n) is 15.3. The minimum atomic E-state index is 0.894. The minimum absolute atomic E-state index is 0.894. The molecule has 0 unspecified atom stereocenters. The van der Waals surface area contributed by atoms with E-state index >= 15 is 0 Å². The van der Waals surface area contributed by atoms with Crippen molar-refractivity contribution < 1.29 is 0 Å². The molecular weight excluding hydrogens is 342 g/mol. The third-order valence-electron chi connectivity index (χ3n) is 6.45. The van der Waals surface area contributed by atoms with Crippen molar-refractivity contribution in [3.8, 4) is 11.1 Å². The Hall–Kier alpha value is -3.46. The molecule has 0 saturated carbocycles. The molecule has 0 saturated heterocycles. The molecule has 3 heteroatoms. The van der Waals surface area contributed by atoms with Gasteiger partial charge in [0.1, 0.15) is 0 Å². The van der Waals surface area contributed by atoms with Crippen LogP contribution in [0.2, 0.25) is 0 Å². The van der Waals surface area contributed by atoms with Gasteiger partial charge in [-0.3, -0.25) is 9.97 Å². The molecule has 28 heavy (non-hydrogen) atoms. The molecule has 3 aliphatic rings. The zero-order chi connectivity index (χ0) is 18.2. The fraction of sp³-hybridized carbons (Fsp3) is 0.120. The van der Waals surface area contributed by atoms with E-state index in [4.69, 9.17) is 4.98 Å². The van der Waals surface area contributed by atoms with Crippen LogP contribution in [-0.4, -0.2) is 9.97 Å². The van der Waals surface area contributed by atoms with Crippen molar-refractivity contribution in [1.82, 2.24) is 9.97 Å². The first-order chi connectivity index (χ1) is 13.9. The van der Waals surface area contributed by atoms with Crippen molar-refractivity contribution in [3.63, 3.8) is 0 Å². The smallest absolute Gasteiger partial charge is 0.0688 e. The van der Waals surface area contributed by atoms with Gasteiger partial charge in [0, 0.05) is 31.4 Å². The summed E-state index contributed by atoms with van der Waals surface area (Å²) in [5, 5.41) is 0. The van der Waals surface area contributed by atoms with Crippen LogP contribution in [0.4, 0.5) is 17.1 Å². The second-order valence-corrected chi connectivity index (χ2v) is 7.89. The van der Waals surface area contributed by atoms with Gasteiger partial charge in [-0.15, -0.1) is 0 Å². The number of hydrogen-bond donors (Lipinski definition) is 0. The molecule has 0 fully saturated rings. The zero-order valence-corrected chi connectivity index (χ0v) is 15.3. The Labute approximate surface area is 163 Å². The average Bonchev–Trinajstić information content (AvgIpc) is 3.12. The normalized spacial score (nSPS) is 14.6. The van der Waals surface area contributed by atoms with Crippen LogP contribution in [0.25, 0.3) is 11.1 Å². The first-order valence-electron chi connectivity index (χ1n) is 9.81. The molecule has 2 aliphatic heterocycles. The number of pyridine rings is 2. The molecule has 2 aromatic carbocycles. The third-order valence-corrected chi connectivity index (χ3v) is 6.45. The van der Waals surface area contributed by atoms with E-state index in [0.717, 1.165) is 25.0 Å². The summed E-state index contributed by atoms with van der Waals surface area (Å²) in [7, 11) is 0. The van der Waals surface area contributed by atoms with E-state index in [1.165, 1.54) is 56.0 Å². The molecule has 0 radical (unpaired) electrons. The van der Waals surface area contributed by atoms with E-state index in [1.807, 2.05) is 24.7 Å². The Bertz CT molecular complexity index is 1290. The molecule has 4 heterocycles. The van der Waals surface area contributed by atoms with E-state index in [-0.39, 0.29) is 0 Å². The van der Waals surface area contributed by atoms with Gasteiger partial charge in [-0.1, -0.05) is 24.3 Å². The van der Waals surface area contributed by atoms with Crippen LogP contribution in [-0.2, 0) is 19.3 Å². The Balaban J connectivity index is 1.58. The number of anilines is 3. The SMILES string of the molecule is c1ccc2c(c1)Cc1c-2cc2c3c1Cc1cnccc1N3c1cccnc1C2. The molecule has 4 aromatic rings. The highest BCUT2D eigenvalue weighted by Gasteiger charge is 2.36. The van der Waals surface area contributed by atoms with Gasteiger partial charge in [0.25, 0.3) is 0 Å². The summed E-state index contributed by atoms with van der Waals surface area (Å²) in [6, 6.07) is 17.7. The van der Waals surface area contributed by atoms with E-state index in [1.54, 1.807) is 0 Å². The topological polar surface area (TPSA) is 29.0 Å². The summed E-state index contributed by atoms with van der Waals surface area (Å²) >= 11 is 0. The molecule has 0 amide bonds. The van der Waals surface area contributed by atoms with Gasteiger partial charge >= 0.3 is 0 Å². The summed E-state index contributed by atoms with van der Waals surface area (Å²) in [4.78, 5) is 11.6. The fourth-order valence-electron chi connectivity index (χ4n) is 5.29. The van der Waals surface area contributed by atoms with E-state index in [2.05, 4.69) is 52.3 Å². The Morgan fingerprint density at radius 2 is 1.64 bits per heavy atom. The van der Waals surface area contributed by atoms with Crippen LogP contribution in [0.1, 0.15) is 33.5 Å². The monoisotopic (exact) mass is 359 g/mol. The highest BCUT2D eigenvalue weighted by Crippen LogP contribution is 2.53. The van der Waals surface area contributed by atoms with Crippen LogP contribution in [0.5, 0.6) is 0 Å². The van der Waals surface area contributed by atoms with Crippen LogP contribution >= 0.6 is 0 Å². The van der Waals surface area contributed by atoms with Gasteiger partial charge in [-0.05, 0) is 69.6 Å². The van der Waals surface area contributed by atoms with Crippen LogP contribution < -0.4 is 4.90 Å². The Morgan fingerprint density at radius 3 is 2.64 bits per heavy atom. The predicted octanol–water partition coefficient (Wildman–Crippen LogP) is 5.33. The molecule has 1 aliphatic carbocycles. The number of aromatic nitrogens is 2. The third kappa shape index (κ3) is 1.74. The molecule has 3 nitrogen and oxygen atoms in total. The van der Waals surface area contributed by atoms with Crippen molar-refractivity contribution in [3.05, 3.63) is 101 Å². The number of rotatable bonds is 0. The number of hydrogen-bond acceptors (Lipinski definition) is 3. The van der Waals surface area contributed by atoms with Gasteiger partial charge in [-0.2, -0.15) is 0 Å². The standard InChI is InChI=1S/C25H17N3/c1-2-5-18-15(4-1)10-20-19(18)11-16-13-22-24(6-3-8-27-22)28-23-7-9-26-14-17(23)12-21(20)25(16)28/h1-9,11,14H,10,12-13H2. The van der Waals surface area contributed by atoms with Crippen molar-refractivity contribution in [1.29, 1.82) is 0 Å². The van der Waals surface area contributed by atoms with Crippen LogP contribution in [0.3, 0.4) is 0 Å². The van der Waals surface area contributed by atoms with E-state index < -0.39 is 0 Å². The van der Waals surface area contributed by atoms with Crippen molar-refractivity contribution in [2.45, 2.75) is 19.3 Å². The van der Waals surface area contributed by atoms with Crippen LogP contribution in [0, 0.1) is 0 Å². The van der Waals surface area contributed by atoms with Crippen molar-refractivity contribution in [2.75, 3.05) is 4.90 Å². The van der Waals surface area contributed by atoms with Crippen molar-refractivity contribution in [2.24, 2.45) is 0 Å². The molecule has 132 valence electrons. The second kappa shape index (κ2) is 5.08. The predicted molar refractivity (Wildman–Crippen MR) is 111 cm³/mol. The first-order valence-corrected chi connectivity index (χ1v) is 9.81. The van der Waals surface area contributed by atoms with Crippen LogP contribution in [0.15, 0.2) is 67.1 Å². The van der Waals surface area contributed by atoms with Gasteiger partial charge < -0.3 is 4.90 Å². The van der Waals surface area contributed by atoms with Crippen molar-refractivity contribution >= 4 is 17.1 Å². The maximum atomic E-state index is 4.72. The highest BCUT2D eigenvalue weighted by molar-refractivity contribution is 5.93. The van der Waals surface area contributed by atoms with Gasteiger partial charge in [-0.25, -0.2) is 0 Å². The molecule has 2 aromatic heterocycles. The average molecular weight is 359 g/mol. The number of fused-ring (bicyclic) bond motifs is 8. The highest BCUT2D eigenvalue weighted by atomic mass is 15.2. The lowest BCUT2D eigenvalue weighted by Crippen LogP contribution is -2.26. The van der Waals surface area contributed by atoms with Gasteiger partial charge in [0.05, 0.1) is 22.8 Å². The lowest BCUT2D eigenvalue weighted by atomic mass is 9.84. The molecule has 0 N–H and O–H groups in total. The molecular formula is C25H17N3. The summed E-state index contributed by atoms with van der Waals surface area (Å²) in [6.45, 7) is 0.